The SMILES string of the molecule is CC(C)(C)C(=O)c1cc(/C=C/c2ccc(N(c3ccccc3)c3ccccc3)cc2)c(C(=O)C(C)(C)C)cc1/C=C/c1ccc(N(c2ccccc2)c2ccccc2)cc1. The molecule has 0 atom stereocenters. The summed E-state index contributed by atoms with van der Waals surface area (Å²) in [4.78, 5) is 32.8. The Morgan fingerprint density at radius 1 is 0.350 bits per heavy atom. The fourth-order valence-corrected chi connectivity index (χ4v) is 7.15. The average molecular weight is 785 g/mol. The lowest BCUT2D eigenvalue weighted by Crippen LogP contribution is -2.24. The first-order valence-electron chi connectivity index (χ1n) is 20.5. The van der Waals surface area contributed by atoms with Crippen LogP contribution in [0.1, 0.15) is 84.5 Å². The van der Waals surface area contributed by atoms with E-state index in [1.807, 2.05) is 151 Å². The summed E-state index contributed by atoms with van der Waals surface area (Å²) in [5, 5.41) is 0. The van der Waals surface area contributed by atoms with E-state index >= 15 is 0 Å². The molecule has 0 aromatic heterocycles. The van der Waals surface area contributed by atoms with Gasteiger partial charge in [-0.15, -0.1) is 0 Å². The second-order valence-electron chi connectivity index (χ2n) is 17.0. The third kappa shape index (κ3) is 9.62. The summed E-state index contributed by atoms with van der Waals surface area (Å²) in [5.74, 6) is 0.0177. The lowest BCUT2D eigenvalue weighted by molar-refractivity contribution is 0.0848. The number of nitrogens with zero attached hydrogens (tertiary/aromatic N) is 2. The van der Waals surface area contributed by atoms with Crippen molar-refractivity contribution in [2.75, 3.05) is 9.80 Å². The van der Waals surface area contributed by atoms with Gasteiger partial charge in [0.25, 0.3) is 0 Å². The summed E-state index contributed by atoms with van der Waals surface area (Å²) in [7, 11) is 0. The Kier molecular flexibility index (Phi) is 12.2. The van der Waals surface area contributed by atoms with E-state index in [0.29, 0.717) is 22.3 Å². The second kappa shape index (κ2) is 17.8. The molecule has 298 valence electrons. The molecule has 60 heavy (non-hydrogen) atoms. The van der Waals surface area contributed by atoms with Crippen LogP contribution < -0.4 is 9.80 Å². The topological polar surface area (TPSA) is 40.6 Å². The van der Waals surface area contributed by atoms with Gasteiger partial charge in [0.2, 0.25) is 0 Å². The van der Waals surface area contributed by atoms with Crippen molar-refractivity contribution in [1.29, 1.82) is 0 Å². The zero-order valence-electron chi connectivity index (χ0n) is 35.3. The Balaban J connectivity index is 1.24. The van der Waals surface area contributed by atoms with Crippen LogP contribution in [0, 0.1) is 10.8 Å². The molecule has 0 unspecified atom stereocenters. The highest BCUT2D eigenvalue weighted by Gasteiger charge is 2.29. The van der Waals surface area contributed by atoms with E-state index < -0.39 is 10.8 Å². The van der Waals surface area contributed by atoms with Gasteiger partial charge < -0.3 is 9.80 Å². The molecule has 0 saturated heterocycles. The summed E-state index contributed by atoms with van der Waals surface area (Å²) in [5.41, 5.74) is 9.58. The second-order valence-corrected chi connectivity index (χ2v) is 17.0. The Morgan fingerprint density at radius 3 is 0.850 bits per heavy atom. The molecule has 0 aliphatic rings. The average Bonchev–Trinajstić information content (AvgIpc) is 3.26. The molecule has 4 heteroatoms. The van der Waals surface area contributed by atoms with Crippen molar-refractivity contribution in [3.05, 3.63) is 215 Å². The van der Waals surface area contributed by atoms with Gasteiger partial charge in [-0.05, 0) is 107 Å². The van der Waals surface area contributed by atoms with E-state index in [2.05, 4.69) is 107 Å². The van der Waals surface area contributed by atoms with E-state index in [9.17, 15) is 9.59 Å². The Hall–Kier alpha value is -7.04. The number of carbonyl (C=O) groups excluding carboxylic acids is 2. The van der Waals surface area contributed by atoms with E-state index in [4.69, 9.17) is 0 Å². The summed E-state index contributed by atoms with van der Waals surface area (Å²) in [6.07, 6.45) is 7.98. The summed E-state index contributed by atoms with van der Waals surface area (Å²) in [6.45, 7) is 11.6. The maximum atomic E-state index is 14.2. The maximum Gasteiger partial charge on any atom is 0.168 e. The first kappa shape index (κ1) is 41.1. The minimum atomic E-state index is -0.641. The van der Waals surface area contributed by atoms with Crippen LogP contribution in [0.3, 0.4) is 0 Å². The highest BCUT2D eigenvalue weighted by molar-refractivity contribution is 6.08. The molecule has 0 fully saturated rings. The fourth-order valence-electron chi connectivity index (χ4n) is 7.15. The zero-order valence-corrected chi connectivity index (χ0v) is 35.3. The standard InChI is InChI=1S/C56H52N2O2/c1-55(2,3)53(59)51-39-44(34-28-42-31-37-50(38-32-42)58(47-23-15-9-16-24-47)48-25-17-10-18-26-48)52(54(60)56(4,5)6)40-43(51)33-27-41-29-35-49(36-30-41)57(45-19-11-7-12-20-45)46-21-13-8-14-22-46/h7-40H,1-6H3/b33-27+,34-28+. The van der Waals surface area contributed by atoms with Gasteiger partial charge in [0.05, 0.1) is 0 Å². The summed E-state index contributed by atoms with van der Waals surface area (Å²) < 4.78 is 0. The number of Topliss-reactive ketones (excluding diaryl/α,β-unsaturated/α-hetero) is 2. The number of anilines is 6. The van der Waals surface area contributed by atoms with Crippen molar-refractivity contribution in [3.63, 3.8) is 0 Å². The molecular weight excluding hydrogens is 733 g/mol. The molecule has 0 N–H and O–H groups in total. The van der Waals surface area contributed by atoms with Crippen molar-refractivity contribution in [2.24, 2.45) is 10.8 Å². The largest absolute Gasteiger partial charge is 0.311 e. The molecule has 7 aromatic carbocycles. The lowest BCUT2D eigenvalue weighted by Gasteiger charge is -2.25. The van der Waals surface area contributed by atoms with Crippen molar-refractivity contribution in [2.45, 2.75) is 41.5 Å². The number of hydrogen-bond acceptors (Lipinski definition) is 4. The molecule has 0 aliphatic heterocycles. The van der Waals surface area contributed by atoms with Gasteiger partial charge in [0, 0.05) is 56.1 Å². The molecule has 0 saturated carbocycles. The molecule has 0 spiro atoms. The van der Waals surface area contributed by atoms with Crippen molar-refractivity contribution < 1.29 is 9.59 Å². The quantitative estimate of drug-likeness (QED) is 0.0914. The molecule has 0 bridgehead atoms. The van der Waals surface area contributed by atoms with Crippen molar-refractivity contribution in [1.82, 2.24) is 0 Å². The zero-order chi connectivity index (χ0) is 42.3. The predicted molar refractivity (Wildman–Crippen MR) is 254 cm³/mol. The van der Waals surface area contributed by atoms with Crippen molar-refractivity contribution >= 4 is 70.0 Å². The lowest BCUT2D eigenvalue weighted by atomic mass is 9.79. The van der Waals surface area contributed by atoms with Crippen LogP contribution in [0.15, 0.2) is 182 Å². The van der Waals surface area contributed by atoms with E-state index in [-0.39, 0.29) is 11.6 Å². The number of hydrogen-bond donors (Lipinski definition) is 0. The van der Waals surface area contributed by atoms with Gasteiger partial charge in [-0.25, -0.2) is 0 Å². The van der Waals surface area contributed by atoms with Gasteiger partial charge >= 0.3 is 0 Å². The molecule has 4 nitrogen and oxygen atoms in total. The van der Waals surface area contributed by atoms with Crippen LogP contribution >= 0.6 is 0 Å². The van der Waals surface area contributed by atoms with Crippen LogP contribution in [-0.4, -0.2) is 11.6 Å². The van der Waals surface area contributed by atoms with Crippen molar-refractivity contribution in [3.8, 4) is 0 Å². The van der Waals surface area contributed by atoms with Crippen LogP contribution in [0.25, 0.3) is 24.3 Å². The van der Waals surface area contributed by atoms with E-state index in [1.165, 1.54) is 0 Å². The Labute approximate surface area is 355 Å². The Bertz CT molecular complexity index is 2330. The maximum absolute atomic E-state index is 14.2. The summed E-state index contributed by atoms with van der Waals surface area (Å²) in [6, 6.07) is 61.8. The van der Waals surface area contributed by atoms with Crippen LogP contribution in [0.4, 0.5) is 34.1 Å². The summed E-state index contributed by atoms with van der Waals surface area (Å²) >= 11 is 0. The van der Waals surface area contributed by atoms with Gasteiger partial charge in [-0.2, -0.15) is 0 Å². The highest BCUT2D eigenvalue weighted by atomic mass is 16.1. The van der Waals surface area contributed by atoms with Crippen LogP contribution in [0.5, 0.6) is 0 Å². The van der Waals surface area contributed by atoms with Gasteiger partial charge in [-0.1, -0.05) is 163 Å². The Morgan fingerprint density at radius 2 is 0.600 bits per heavy atom. The molecule has 0 amide bonds. The van der Waals surface area contributed by atoms with Crippen LogP contribution in [0.2, 0.25) is 0 Å². The third-order valence-corrected chi connectivity index (χ3v) is 10.3. The number of rotatable bonds is 12. The van der Waals surface area contributed by atoms with Crippen LogP contribution in [-0.2, 0) is 0 Å². The molecule has 7 rings (SSSR count). The monoisotopic (exact) mass is 784 g/mol. The smallest absolute Gasteiger partial charge is 0.168 e. The number of para-hydroxylation sites is 4. The fraction of sp³-hybridized carbons (Fsp3) is 0.143. The number of benzene rings is 7. The highest BCUT2D eigenvalue weighted by Crippen LogP contribution is 2.37. The minimum absolute atomic E-state index is 0.00883. The normalized spacial score (nSPS) is 11.8. The predicted octanol–water partition coefficient (Wildman–Crippen LogP) is 15.4. The molecular formula is C56H52N2O2. The van der Waals surface area contributed by atoms with E-state index in [0.717, 1.165) is 45.3 Å². The molecule has 0 radical (unpaired) electrons. The number of ketones is 2. The first-order chi connectivity index (χ1) is 28.9. The third-order valence-electron chi connectivity index (χ3n) is 10.3. The minimum Gasteiger partial charge on any atom is -0.311 e. The molecule has 7 aromatic rings. The van der Waals surface area contributed by atoms with Gasteiger partial charge in [-0.3, -0.25) is 9.59 Å². The number of carbonyl (C=O) groups is 2. The van der Waals surface area contributed by atoms with Gasteiger partial charge in [0.1, 0.15) is 0 Å². The van der Waals surface area contributed by atoms with Gasteiger partial charge in [0.15, 0.2) is 11.6 Å². The molecule has 0 heterocycles. The van der Waals surface area contributed by atoms with E-state index in [1.54, 1.807) is 0 Å². The molecule has 0 aliphatic carbocycles. The first-order valence-corrected chi connectivity index (χ1v) is 20.5.